The highest BCUT2D eigenvalue weighted by atomic mass is 32.1. The molecule has 1 aliphatic rings. The lowest BCUT2D eigenvalue weighted by Crippen LogP contribution is -2.09. The minimum atomic E-state index is -0.437. The molecule has 3 rings (SSSR count). The second kappa shape index (κ2) is 6.37. The van der Waals surface area contributed by atoms with E-state index in [2.05, 4.69) is 5.32 Å². The minimum Gasteiger partial charge on any atom is -0.465 e. The number of nitrogens with zero attached hydrogens (tertiary/aromatic N) is 1. The molecule has 1 heterocycles. The molecule has 0 radical (unpaired) electrons. The van der Waals surface area contributed by atoms with Gasteiger partial charge < -0.3 is 10.1 Å². The first-order chi connectivity index (χ1) is 11.1. The Labute approximate surface area is 137 Å². The van der Waals surface area contributed by atoms with Crippen LogP contribution in [0.5, 0.6) is 0 Å². The molecule has 0 spiro atoms. The molecule has 0 saturated carbocycles. The molecule has 1 aromatic heterocycles. The number of methoxy groups -OCH3 is 1. The van der Waals surface area contributed by atoms with Crippen LogP contribution < -0.4 is 5.32 Å². The second-order valence-corrected chi connectivity index (χ2v) is 6.41. The Bertz CT molecular complexity index is 769. The van der Waals surface area contributed by atoms with Gasteiger partial charge in [-0.25, -0.2) is 4.79 Å². The highest BCUT2D eigenvalue weighted by molar-refractivity contribution is 7.16. The van der Waals surface area contributed by atoms with Gasteiger partial charge in [0.1, 0.15) is 10.7 Å². The Balaban J connectivity index is 2.05. The maximum absolute atomic E-state index is 12.2. The van der Waals surface area contributed by atoms with Gasteiger partial charge in [0.05, 0.1) is 17.6 Å². The summed E-state index contributed by atoms with van der Waals surface area (Å²) in [5.74, 6) is -0.398. The molecule has 7 heteroatoms. The predicted octanol–water partition coefficient (Wildman–Crippen LogP) is 4.07. The molecular formula is C16H16N2O4S. The van der Waals surface area contributed by atoms with Crippen LogP contribution >= 0.6 is 11.3 Å². The van der Waals surface area contributed by atoms with Crippen LogP contribution in [-0.4, -0.2) is 18.0 Å². The van der Waals surface area contributed by atoms with Gasteiger partial charge in [0.25, 0.3) is 5.69 Å². The molecule has 0 fully saturated rings. The van der Waals surface area contributed by atoms with Crippen LogP contribution in [0.1, 0.15) is 33.6 Å². The third-order valence-corrected chi connectivity index (χ3v) is 5.12. The summed E-state index contributed by atoms with van der Waals surface area (Å²) in [4.78, 5) is 24.1. The van der Waals surface area contributed by atoms with Crippen molar-refractivity contribution in [3.63, 3.8) is 0 Å². The Kier molecular flexibility index (Phi) is 4.29. The van der Waals surface area contributed by atoms with Crippen molar-refractivity contribution >= 4 is 33.7 Å². The van der Waals surface area contributed by atoms with E-state index in [4.69, 9.17) is 4.74 Å². The van der Waals surface area contributed by atoms with Crippen LogP contribution in [0.4, 0.5) is 16.4 Å². The summed E-state index contributed by atoms with van der Waals surface area (Å²) in [5, 5.41) is 14.9. The highest BCUT2D eigenvalue weighted by Crippen LogP contribution is 2.41. The predicted molar refractivity (Wildman–Crippen MR) is 88.7 cm³/mol. The molecule has 0 unspecified atom stereocenters. The van der Waals surface area contributed by atoms with Gasteiger partial charge in [0.2, 0.25) is 0 Å². The van der Waals surface area contributed by atoms with E-state index in [0.717, 1.165) is 36.1 Å². The SMILES string of the molecule is COC(=O)c1c(Nc2ccccc2[N+](=O)[O-])sc2c1CCCC2. The summed E-state index contributed by atoms with van der Waals surface area (Å²) in [5.41, 5.74) is 1.90. The number of hydrogen-bond donors (Lipinski definition) is 1. The molecule has 0 amide bonds. The number of para-hydroxylation sites is 2. The summed E-state index contributed by atoms with van der Waals surface area (Å²) in [7, 11) is 1.35. The quantitative estimate of drug-likeness (QED) is 0.518. The molecule has 0 atom stereocenters. The lowest BCUT2D eigenvalue weighted by Gasteiger charge is -2.12. The van der Waals surface area contributed by atoms with Gasteiger partial charge >= 0.3 is 5.97 Å². The van der Waals surface area contributed by atoms with Crippen LogP contribution in [0.25, 0.3) is 0 Å². The number of thiophene rings is 1. The van der Waals surface area contributed by atoms with Crippen LogP contribution in [0, 0.1) is 10.1 Å². The maximum Gasteiger partial charge on any atom is 0.341 e. The number of ether oxygens (including phenoxy) is 1. The van der Waals surface area contributed by atoms with Gasteiger partial charge in [-0.15, -0.1) is 11.3 Å². The summed E-state index contributed by atoms with van der Waals surface area (Å²) in [6.45, 7) is 0. The number of anilines is 2. The van der Waals surface area contributed by atoms with E-state index < -0.39 is 10.9 Å². The molecule has 23 heavy (non-hydrogen) atoms. The molecule has 2 aromatic rings. The van der Waals surface area contributed by atoms with Gasteiger partial charge in [-0.05, 0) is 37.3 Å². The van der Waals surface area contributed by atoms with Crippen molar-refractivity contribution in [1.82, 2.24) is 0 Å². The van der Waals surface area contributed by atoms with E-state index in [1.54, 1.807) is 18.2 Å². The Morgan fingerprint density at radius 2 is 2.04 bits per heavy atom. The number of rotatable bonds is 4. The van der Waals surface area contributed by atoms with E-state index in [1.165, 1.54) is 24.5 Å². The first kappa shape index (κ1) is 15.5. The number of nitro groups is 1. The Morgan fingerprint density at radius 3 is 2.78 bits per heavy atom. The van der Waals surface area contributed by atoms with Crippen molar-refractivity contribution in [2.24, 2.45) is 0 Å². The number of fused-ring (bicyclic) bond motifs is 1. The minimum absolute atomic E-state index is 0.0188. The average molecular weight is 332 g/mol. The van der Waals surface area contributed by atoms with Crippen LogP contribution in [0.15, 0.2) is 24.3 Å². The van der Waals surface area contributed by atoms with Crippen molar-refractivity contribution in [2.45, 2.75) is 25.7 Å². The van der Waals surface area contributed by atoms with Gasteiger partial charge in [0, 0.05) is 10.9 Å². The fourth-order valence-electron chi connectivity index (χ4n) is 2.83. The monoisotopic (exact) mass is 332 g/mol. The van der Waals surface area contributed by atoms with Gasteiger partial charge in [-0.2, -0.15) is 0 Å². The molecule has 1 N–H and O–H groups in total. The molecule has 0 bridgehead atoms. The van der Waals surface area contributed by atoms with Crippen molar-refractivity contribution in [3.05, 3.63) is 50.4 Å². The molecule has 0 saturated heterocycles. The summed E-state index contributed by atoms with van der Waals surface area (Å²) in [6.07, 6.45) is 3.91. The maximum atomic E-state index is 12.2. The average Bonchev–Trinajstić information content (AvgIpc) is 2.92. The van der Waals surface area contributed by atoms with Crippen LogP contribution in [0.3, 0.4) is 0 Å². The van der Waals surface area contributed by atoms with E-state index in [0.29, 0.717) is 16.3 Å². The number of carbonyl (C=O) groups excluding carboxylic acids is 1. The fourth-order valence-corrected chi connectivity index (χ4v) is 4.12. The standard InChI is InChI=1S/C16H16N2O4S/c1-22-16(19)14-10-6-2-5-9-13(10)23-15(14)17-11-7-3-4-8-12(11)18(20)21/h3-4,7-8,17H,2,5-6,9H2,1H3. The molecule has 6 nitrogen and oxygen atoms in total. The normalized spacial score (nSPS) is 13.3. The van der Waals surface area contributed by atoms with E-state index in [-0.39, 0.29) is 5.69 Å². The molecule has 1 aromatic carbocycles. The number of aryl methyl sites for hydroxylation is 1. The lowest BCUT2D eigenvalue weighted by molar-refractivity contribution is -0.383. The zero-order valence-electron chi connectivity index (χ0n) is 12.6. The van der Waals surface area contributed by atoms with E-state index >= 15 is 0 Å². The van der Waals surface area contributed by atoms with Gasteiger partial charge in [-0.1, -0.05) is 12.1 Å². The number of carbonyl (C=O) groups is 1. The summed E-state index contributed by atoms with van der Waals surface area (Å²) >= 11 is 1.49. The molecule has 1 aliphatic carbocycles. The third kappa shape index (κ3) is 2.92. The van der Waals surface area contributed by atoms with Crippen LogP contribution in [-0.2, 0) is 17.6 Å². The second-order valence-electron chi connectivity index (χ2n) is 5.31. The molecule has 0 aliphatic heterocycles. The lowest BCUT2D eigenvalue weighted by atomic mass is 9.95. The highest BCUT2D eigenvalue weighted by Gasteiger charge is 2.27. The van der Waals surface area contributed by atoms with E-state index in [1.807, 2.05) is 0 Å². The molecule has 120 valence electrons. The number of nitrogens with one attached hydrogen (secondary N) is 1. The fraction of sp³-hybridized carbons (Fsp3) is 0.312. The number of hydrogen-bond acceptors (Lipinski definition) is 6. The van der Waals surface area contributed by atoms with Gasteiger partial charge in [0.15, 0.2) is 0 Å². The first-order valence-corrected chi connectivity index (χ1v) is 8.16. The third-order valence-electron chi connectivity index (χ3n) is 3.91. The summed E-state index contributed by atoms with van der Waals surface area (Å²) in [6, 6.07) is 6.41. The zero-order valence-corrected chi connectivity index (χ0v) is 13.4. The van der Waals surface area contributed by atoms with Crippen molar-refractivity contribution < 1.29 is 14.5 Å². The van der Waals surface area contributed by atoms with Crippen LogP contribution in [0.2, 0.25) is 0 Å². The largest absolute Gasteiger partial charge is 0.465 e. The Morgan fingerprint density at radius 1 is 1.30 bits per heavy atom. The topological polar surface area (TPSA) is 81.5 Å². The van der Waals surface area contributed by atoms with Gasteiger partial charge in [-0.3, -0.25) is 10.1 Å². The zero-order chi connectivity index (χ0) is 16.4. The summed E-state index contributed by atoms with van der Waals surface area (Å²) < 4.78 is 4.91. The Hall–Kier alpha value is -2.41. The van der Waals surface area contributed by atoms with Crippen molar-refractivity contribution in [2.75, 3.05) is 12.4 Å². The van der Waals surface area contributed by atoms with Crippen molar-refractivity contribution in [3.8, 4) is 0 Å². The number of nitro benzene ring substituents is 1. The first-order valence-electron chi connectivity index (χ1n) is 7.35. The van der Waals surface area contributed by atoms with E-state index in [9.17, 15) is 14.9 Å². The molecular weight excluding hydrogens is 316 g/mol. The smallest absolute Gasteiger partial charge is 0.341 e. The number of esters is 1. The van der Waals surface area contributed by atoms with Crippen molar-refractivity contribution in [1.29, 1.82) is 0 Å². The number of benzene rings is 1.